The minimum atomic E-state index is -0.178. The zero-order valence-corrected chi connectivity index (χ0v) is 76.1. The van der Waals surface area contributed by atoms with E-state index in [2.05, 4.69) is 497 Å². The van der Waals surface area contributed by atoms with Crippen molar-refractivity contribution in [2.45, 2.75) is 57.8 Å². The summed E-state index contributed by atoms with van der Waals surface area (Å²) in [6.07, 6.45) is 0. The standard InChI is InChI=1S/3C44H31N/c1-44(2)40-22-21-30(31-24-42(28-13-5-3-6-14-28)45-43(25-31)29-15-7-4-8-16-29)23-38(40)39-26-36-34-19-11-9-17-32(34)33-18-10-12-20-35(33)37(36)27-41(39)44;1-44(2)39-24-21-30(31-26-40(28-13-5-3-6-14-28)45-41(27-31)29-15-7-4-8-16-29)25-38(39)37-23-22-36-34-19-10-9-17-32(34)33-18-11-12-20-35(33)42(36)43(37)44;1-44(2)39-25-30(31-26-40(28-13-5-3-6-14-28)45-41(27-31)29-15-7-4-8-16-29)21-22-35(39)38-24-23-37-34-19-10-9-17-32(34)33-18-11-12-20-36(33)42(37)43(38)44/h3*3-27H,1-2H3. The van der Waals surface area contributed by atoms with E-state index >= 15 is 0 Å². The van der Waals surface area contributed by atoms with Gasteiger partial charge in [-0.25, -0.2) is 15.0 Å². The van der Waals surface area contributed by atoms with E-state index in [-0.39, 0.29) is 16.2 Å². The normalized spacial score (nSPS) is 13.3. The summed E-state index contributed by atoms with van der Waals surface area (Å²) >= 11 is 0. The lowest BCUT2D eigenvalue weighted by atomic mass is 9.78. The van der Waals surface area contributed by atoms with E-state index in [9.17, 15) is 0 Å². The average Bonchev–Trinajstić information content (AvgIpc) is 1.51. The second-order valence-electron chi connectivity index (χ2n) is 38.3. The molecule has 0 spiro atoms. The molecule has 0 fully saturated rings. The summed E-state index contributed by atoms with van der Waals surface area (Å²) < 4.78 is 0. The molecule has 3 heterocycles. The summed E-state index contributed by atoms with van der Waals surface area (Å²) in [5.41, 5.74) is 35.8. The zero-order chi connectivity index (χ0) is 90.4. The molecule has 0 unspecified atom stereocenters. The van der Waals surface area contributed by atoms with Crippen LogP contribution in [0.1, 0.15) is 74.9 Å². The van der Waals surface area contributed by atoms with Crippen molar-refractivity contribution in [1.29, 1.82) is 0 Å². The monoisotopic (exact) mass is 1720 g/mol. The number of fused-ring (bicyclic) bond motifs is 29. The smallest absolute Gasteiger partial charge is 0.0715 e. The van der Waals surface area contributed by atoms with Gasteiger partial charge >= 0.3 is 0 Å². The van der Waals surface area contributed by atoms with E-state index in [0.29, 0.717) is 0 Å². The van der Waals surface area contributed by atoms with Crippen LogP contribution in [-0.2, 0) is 16.2 Å². The Morgan fingerprint density at radius 2 is 0.356 bits per heavy atom. The van der Waals surface area contributed by atoms with Crippen LogP contribution in [0.4, 0.5) is 0 Å². The lowest BCUT2D eigenvalue weighted by Crippen LogP contribution is -2.16. The summed E-state index contributed by atoms with van der Waals surface area (Å²) in [4.78, 5) is 15.4. The molecule has 0 amide bonds. The van der Waals surface area contributed by atoms with Crippen molar-refractivity contribution in [1.82, 2.24) is 15.0 Å². The second kappa shape index (κ2) is 31.9. The molecule has 3 aliphatic carbocycles. The molecule has 0 saturated heterocycles. The predicted molar refractivity (Wildman–Crippen MR) is 572 cm³/mol. The third-order valence-electron chi connectivity index (χ3n) is 29.5. The Bertz CT molecular complexity index is 8530. The van der Waals surface area contributed by atoms with Crippen molar-refractivity contribution in [3.63, 3.8) is 0 Å². The van der Waals surface area contributed by atoms with Gasteiger partial charge in [-0.1, -0.05) is 430 Å². The first kappa shape index (κ1) is 80.5. The van der Waals surface area contributed by atoms with Gasteiger partial charge in [0.05, 0.1) is 34.2 Å². The molecular formula is C132H93N3. The van der Waals surface area contributed by atoms with Crippen molar-refractivity contribution < 1.29 is 0 Å². The fourth-order valence-corrected chi connectivity index (χ4v) is 22.9. The van der Waals surface area contributed by atoms with Gasteiger partial charge in [0.15, 0.2) is 0 Å². The minimum Gasteiger partial charge on any atom is -0.248 e. The van der Waals surface area contributed by atoms with Gasteiger partial charge in [0.2, 0.25) is 0 Å². The third kappa shape index (κ3) is 13.3. The summed E-state index contributed by atoms with van der Waals surface area (Å²) in [5, 5.41) is 23.9. The van der Waals surface area contributed by atoms with Crippen molar-refractivity contribution in [2.24, 2.45) is 0 Å². The highest BCUT2D eigenvalue weighted by Crippen LogP contribution is 2.59. The van der Waals surface area contributed by atoms with E-state index < -0.39 is 0 Å². The van der Waals surface area contributed by atoms with Gasteiger partial charge in [-0.3, -0.25) is 0 Å². The fraction of sp³-hybridized carbons (Fsp3) is 0.0682. The first-order chi connectivity index (χ1) is 66.2. The topological polar surface area (TPSA) is 38.7 Å². The van der Waals surface area contributed by atoms with Crippen LogP contribution < -0.4 is 0 Å². The third-order valence-corrected chi connectivity index (χ3v) is 29.5. The Hall–Kier alpha value is -16.6. The molecule has 3 nitrogen and oxygen atoms in total. The summed E-state index contributed by atoms with van der Waals surface area (Å²) in [7, 11) is 0. The minimum absolute atomic E-state index is 0.104. The average molecular weight is 1720 g/mol. The number of aromatic nitrogens is 3. The number of benzene rings is 21. The van der Waals surface area contributed by atoms with Crippen LogP contribution in [0.15, 0.2) is 455 Å². The highest BCUT2D eigenvalue weighted by atomic mass is 14.7. The number of pyridine rings is 3. The molecule has 3 heteroatoms. The molecule has 0 saturated carbocycles. The van der Waals surface area contributed by atoms with E-state index in [4.69, 9.17) is 15.0 Å². The fourth-order valence-electron chi connectivity index (χ4n) is 22.9. The van der Waals surface area contributed by atoms with E-state index in [1.807, 2.05) is 0 Å². The highest BCUT2D eigenvalue weighted by molar-refractivity contribution is 6.30. The Balaban J connectivity index is 0.000000108. The number of nitrogens with zero attached hydrogens (tertiary/aromatic N) is 3. The Morgan fingerprint density at radius 3 is 0.689 bits per heavy atom. The first-order valence-corrected chi connectivity index (χ1v) is 47.2. The Morgan fingerprint density at radius 1 is 0.133 bits per heavy atom. The van der Waals surface area contributed by atoms with Crippen LogP contribution in [0.5, 0.6) is 0 Å². The largest absolute Gasteiger partial charge is 0.248 e. The van der Waals surface area contributed by atoms with Crippen LogP contribution >= 0.6 is 0 Å². The molecule has 27 rings (SSSR count). The van der Waals surface area contributed by atoms with Crippen molar-refractivity contribution in [3.05, 3.63) is 488 Å². The molecule has 636 valence electrons. The molecule has 21 aromatic carbocycles. The number of hydrogen-bond donors (Lipinski definition) is 0. The molecule has 3 aliphatic rings. The second-order valence-corrected chi connectivity index (χ2v) is 38.3. The SMILES string of the molecule is CC1(C)c2cc(-c3cc(-c4ccccc4)nc(-c4ccccc4)c3)ccc2-c2ccc3c4ccccc4c4ccccc4c3c21.CC1(C)c2ccc(-c3cc(-c4ccccc4)nc(-c4ccccc4)c3)cc2-c2cc3c4ccccc4c4ccccc4c3cc21.CC1(C)c2ccc(-c3cc(-c4ccccc4)nc(-c4ccccc4)c3)cc2-c2ccc3c4ccccc4c4ccccc4c3c21. The molecule has 0 N–H and O–H groups in total. The molecular weight excluding hydrogens is 1630 g/mol. The van der Waals surface area contributed by atoms with Crippen LogP contribution in [0.25, 0.3) is 231 Å². The van der Waals surface area contributed by atoms with Crippen molar-refractivity contribution in [3.8, 4) is 134 Å². The summed E-state index contributed by atoms with van der Waals surface area (Å²) in [6, 6.07) is 165. The maximum atomic E-state index is 5.12. The van der Waals surface area contributed by atoms with Crippen LogP contribution in [0.2, 0.25) is 0 Å². The molecule has 135 heavy (non-hydrogen) atoms. The zero-order valence-electron chi connectivity index (χ0n) is 76.1. The summed E-state index contributed by atoms with van der Waals surface area (Å²) in [6.45, 7) is 14.4. The molecule has 3 aromatic heterocycles. The summed E-state index contributed by atoms with van der Waals surface area (Å²) in [5.74, 6) is 0. The van der Waals surface area contributed by atoms with E-state index in [0.717, 1.165) is 67.5 Å². The molecule has 0 aliphatic heterocycles. The van der Waals surface area contributed by atoms with Gasteiger partial charge < -0.3 is 0 Å². The maximum absolute atomic E-state index is 5.12. The molecule has 0 bridgehead atoms. The van der Waals surface area contributed by atoms with Crippen molar-refractivity contribution >= 4 is 97.0 Å². The van der Waals surface area contributed by atoms with Gasteiger partial charge in [-0.15, -0.1) is 0 Å². The predicted octanol–water partition coefficient (Wildman–Crippen LogP) is 35.5. The Kier molecular flexibility index (Phi) is 19.0. The maximum Gasteiger partial charge on any atom is 0.0715 e. The molecule has 0 radical (unpaired) electrons. The number of hydrogen-bond acceptors (Lipinski definition) is 3. The van der Waals surface area contributed by atoms with E-state index in [1.54, 1.807) is 0 Å². The highest BCUT2D eigenvalue weighted by Gasteiger charge is 2.41. The lowest BCUT2D eigenvalue weighted by molar-refractivity contribution is 0.661. The quantitative estimate of drug-likeness (QED) is 0.135. The van der Waals surface area contributed by atoms with E-state index in [1.165, 1.54) is 197 Å². The van der Waals surface area contributed by atoms with Crippen LogP contribution in [-0.4, -0.2) is 15.0 Å². The number of rotatable bonds is 9. The Labute approximate surface area is 786 Å². The van der Waals surface area contributed by atoms with Gasteiger partial charge in [0, 0.05) is 49.6 Å². The van der Waals surface area contributed by atoms with Gasteiger partial charge in [0.25, 0.3) is 0 Å². The molecule has 0 atom stereocenters. The van der Waals surface area contributed by atoms with Gasteiger partial charge in [-0.05, 0) is 264 Å². The molecule has 24 aromatic rings. The van der Waals surface area contributed by atoms with Gasteiger partial charge in [-0.2, -0.15) is 0 Å². The lowest BCUT2D eigenvalue weighted by Gasteiger charge is -2.25. The first-order valence-electron chi connectivity index (χ1n) is 47.2. The van der Waals surface area contributed by atoms with Crippen LogP contribution in [0, 0.1) is 0 Å². The van der Waals surface area contributed by atoms with Crippen LogP contribution in [0.3, 0.4) is 0 Å². The van der Waals surface area contributed by atoms with Gasteiger partial charge in [0.1, 0.15) is 0 Å². The van der Waals surface area contributed by atoms with Crippen molar-refractivity contribution in [2.75, 3.05) is 0 Å².